The van der Waals surface area contributed by atoms with Crippen molar-refractivity contribution in [3.63, 3.8) is 0 Å². The Morgan fingerprint density at radius 2 is 1.90 bits per heavy atom. The van der Waals surface area contributed by atoms with Crippen LogP contribution in [0.1, 0.15) is 45.6 Å². The maximum atomic E-state index is 5.76. The van der Waals surface area contributed by atoms with Crippen molar-refractivity contribution >= 4 is 0 Å². The molecular weight excluding hydrogens is 250 g/mol. The van der Waals surface area contributed by atoms with E-state index in [0.29, 0.717) is 6.61 Å². The Hall–Kier alpha value is -1.06. The molecule has 0 unspecified atom stereocenters. The minimum atomic E-state index is 0.221. The molecule has 0 aromatic heterocycles. The monoisotopic (exact) mass is 279 g/mol. The first-order chi connectivity index (χ1) is 9.51. The molecule has 3 nitrogen and oxygen atoms in total. The summed E-state index contributed by atoms with van der Waals surface area (Å²) >= 11 is 0. The lowest BCUT2D eigenvalue weighted by Gasteiger charge is -2.20. The molecule has 0 aliphatic heterocycles. The highest BCUT2D eigenvalue weighted by molar-refractivity contribution is 5.28. The first-order valence-corrected chi connectivity index (χ1v) is 7.47. The number of nitrogens with one attached hydrogen (secondary N) is 1. The molecule has 0 saturated carbocycles. The Morgan fingerprint density at radius 3 is 2.60 bits per heavy atom. The van der Waals surface area contributed by atoms with Crippen LogP contribution in [-0.2, 0) is 11.3 Å². The third-order valence-corrected chi connectivity index (χ3v) is 2.95. The van der Waals surface area contributed by atoms with Gasteiger partial charge in [-0.2, -0.15) is 0 Å². The van der Waals surface area contributed by atoms with E-state index in [9.17, 15) is 0 Å². The zero-order chi connectivity index (χ0) is 14.8. The second kappa shape index (κ2) is 8.98. The second-order valence-electron chi connectivity index (χ2n) is 6.17. The van der Waals surface area contributed by atoms with Gasteiger partial charge in [0.05, 0.1) is 13.2 Å². The van der Waals surface area contributed by atoms with E-state index in [1.54, 1.807) is 7.11 Å². The maximum Gasteiger partial charge on any atom is 0.119 e. The molecule has 0 aliphatic carbocycles. The Balaban J connectivity index is 2.10. The predicted octanol–water partition coefficient (Wildman–Crippen LogP) is 3.77. The summed E-state index contributed by atoms with van der Waals surface area (Å²) in [6, 6.07) is 8.11. The van der Waals surface area contributed by atoms with E-state index in [2.05, 4.69) is 32.2 Å². The van der Waals surface area contributed by atoms with E-state index in [-0.39, 0.29) is 5.54 Å². The summed E-state index contributed by atoms with van der Waals surface area (Å²) in [4.78, 5) is 0. The van der Waals surface area contributed by atoms with E-state index in [0.717, 1.165) is 30.9 Å². The molecule has 0 atom stereocenters. The molecule has 1 aromatic carbocycles. The van der Waals surface area contributed by atoms with Gasteiger partial charge in [0.1, 0.15) is 5.75 Å². The van der Waals surface area contributed by atoms with Crippen molar-refractivity contribution in [2.24, 2.45) is 0 Å². The smallest absolute Gasteiger partial charge is 0.119 e. The molecule has 1 rings (SSSR count). The van der Waals surface area contributed by atoms with Crippen molar-refractivity contribution in [2.45, 2.75) is 52.2 Å². The minimum absolute atomic E-state index is 0.221. The van der Waals surface area contributed by atoms with Crippen LogP contribution in [0.5, 0.6) is 5.75 Å². The summed E-state index contributed by atoms with van der Waals surface area (Å²) in [7, 11) is 1.71. The molecule has 0 heterocycles. The van der Waals surface area contributed by atoms with Gasteiger partial charge < -0.3 is 14.8 Å². The zero-order valence-electron chi connectivity index (χ0n) is 13.4. The average Bonchev–Trinajstić information content (AvgIpc) is 2.37. The van der Waals surface area contributed by atoms with Gasteiger partial charge in [-0.3, -0.25) is 0 Å². The summed E-state index contributed by atoms with van der Waals surface area (Å²) in [5.74, 6) is 0.937. The first kappa shape index (κ1) is 17.0. The minimum Gasteiger partial charge on any atom is -0.494 e. The highest BCUT2D eigenvalue weighted by Crippen LogP contribution is 2.14. The Bertz CT molecular complexity index is 371. The number of benzene rings is 1. The molecule has 20 heavy (non-hydrogen) atoms. The van der Waals surface area contributed by atoms with Crippen molar-refractivity contribution in [3.8, 4) is 5.75 Å². The SMILES string of the molecule is COCc1cccc(OCCCCCNC(C)(C)C)c1. The van der Waals surface area contributed by atoms with Crippen LogP contribution in [0.2, 0.25) is 0 Å². The van der Waals surface area contributed by atoms with Gasteiger partial charge >= 0.3 is 0 Å². The fourth-order valence-electron chi connectivity index (χ4n) is 1.95. The predicted molar refractivity (Wildman–Crippen MR) is 84.3 cm³/mol. The summed E-state index contributed by atoms with van der Waals surface area (Å²) in [5.41, 5.74) is 1.37. The second-order valence-corrected chi connectivity index (χ2v) is 6.17. The van der Waals surface area contributed by atoms with Gasteiger partial charge in [0.2, 0.25) is 0 Å². The van der Waals surface area contributed by atoms with E-state index < -0.39 is 0 Å². The molecule has 0 fully saturated rings. The van der Waals surface area contributed by atoms with Crippen LogP contribution < -0.4 is 10.1 Å². The number of hydrogen-bond acceptors (Lipinski definition) is 3. The number of rotatable bonds is 9. The Labute approximate surface area is 123 Å². The van der Waals surface area contributed by atoms with Crippen LogP contribution in [0.3, 0.4) is 0 Å². The van der Waals surface area contributed by atoms with Crippen molar-refractivity contribution in [1.82, 2.24) is 5.32 Å². The lowest BCUT2D eigenvalue weighted by Crippen LogP contribution is -2.36. The number of unbranched alkanes of at least 4 members (excludes halogenated alkanes) is 2. The lowest BCUT2D eigenvalue weighted by molar-refractivity contribution is 0.184. The molecule has 114 valence electrons. The highest BCUT2D eigenvalue weighted by Gasteiger charge is 2.06. The van der Waals surface area contributed by atoms with Gasteiger partial charge in [-0.05, 0) is 64.3 Å². The molecular formula is C17H29NO2. The van der Waals surface area contributed by atoms with Crippen LogP contribution in [0.4, 0.5) is 0 Å². The van der Waals surface area contributed by atoms with Crippen molar-refractivity contribution in [1.29, 1.82) is 0 Å². The molecule has 0 aliphatic rings. The topological polar surface area (TPSA) is 30.5 Å². The maximum absolute atomic E-state index is 5.76. The van der Waals surface area contributed by atoms with E-state index >= 15 is 0 Å². The van der Waals surface area contributed by atoms with Gasteiger partial charge in [0, 0.05) is 12.6 Å². The number of ether oxygens (including phenoxy) is 2. The fraction of sp³-hybridized carbons (Fsp3) is 0.647. The zero-order valence-corrected chi connectivity index (χ0v) is 13.4. The molecule has 0 radical (unpaired) electrons. The standard InChI is InChI=1S/C17H29NO2/c1-17(2,3)18-11-6-5-7-12-20-16-10-8-9-15(13-16)14-19-4/h8-10,13,18H,5-7,11-12,14H2,1-4H3. The highest BCUT2D eigenvalue weighted by atomic mass is 16.5. The first-order valence-electron chi connectivity index (χ1n) is 7.47. The average molecular weight is 279 g/mol. The molecule has 0 saturated heterocycles. The fourth-order valence-corrected chi connectivity index (χ4v) is 1.95. The van der Waals surface area contributed by atoms with Crippen LogP contribution in [-0.4, -0.2) is 25.8 Å². The van der Waals surface area contributed by atoms with E-state index in [1.165, 1.54) is 12.8 Å². The molecule has 0 spiro atoms. The normalized spacial score (nSPS) is 11.6. The van der Waals surface area contributed by atoms with Gasteiger partial charge in [-0.15, -0.1) is 0 Å². The number of methoxy groups -OCH3 is 1. The van der Waals surface area contributed by atoms with Gasteiger partial charge in [-0.25, -0.2) is 0 Å². The largest absolute Gasteiger partial charge is 0.494 e. The summed E-state index contributed by atoms with van der Waals surface area (Å²) in [5, 5.41) is 3.50. The van der Waals surface area contributed by atoms with Crippen LogP contribution in [0, 0.1) is 0 Å². The van der Waals surface area contributed by atoms with Crippen molar-refractivity contribution < 1.29 is 9.47 Å². The molecule has 0 amide bonds. The van der Waals surface area contributed by atoms with E-state index in [1.807, 2.05) is 18.2 Å². The van der Waals surface area contributed by atoms with Crippen LogP contribution >= 0.6 is 0 Å². The van der Waals surface area contributed by atoms with Crippen LogP contribution in [0.15, 0.2) is 24.3 Å². The third-order valence-electron chi connectivity index (χ3n) is 2.95. The Morgan fingerprint density at radius 1 is 1.10 bits per heavy atom. The van der Waals surface area contributed by atoms with Crippen LogP contribution in [0.25, 0.3) is 0 Å². The number of hydrogen-bond donors (Lipinski definition) is 1. The van der Waals surface area contributed by atoms with Gasteiger partial charge in [0.15, 0.2) is 0 Å². The Kier molecular flexibility index (Phi) is 7.63. The molecule has 0 bridgehead atoms. The molecule has 1 N–H and O–H groups in total. The van der Waals surface area contributed by atoms with Crippen molar-refractivity contribution in [2.75, 3.05) is 20.3 Å². The molecule has 1 aromatic rings. The summed E-state index contributed by atoms with van der Waals surface area (Å²) in [6.07, 6.45) is 3.49. The third kappa shape index (κ3) is 8.18. The molecule has 3 heteroatoms. The van der Waals surface area contributed by atoms with Crippen molar-refractivity contribution in [3.05, 3.63) is 29.8 Å². The van der Waals surface area contributed by atoms with E-state index in [4.69, 9.17) is 9.47 Å². The lowest BCUT2D eigenvalue weighted by atomic mass is 10.1. The van der Waals surface area contributed by atoms with Gasteiger partial charge in [0.25, 0.3) is 0 Å². The summed E-state index contributed by atoms with van der Waals surface area (Å²) < 4.78 is 10.9. The van der Waals surface area contributed by atoms with Gasteiger partial charge in [-0.1, -0.05) is 12.1 Å². The summed E-state index contributed by atoms with van der Waals surface area (Å²) in [6.45, 7) is 9.09. The quantitative estimate of drug-likeness (QED) is 0.698.